The van der Waals surface area contributed by atoms with E-state index >= 15 is 0 Å². The van der Waals surface area contributed by atoms with Gasteiger partial charge in [0.05, 0.1) is 20.8 Å². The van der Waals surface area contributed by atoms with Crippen LogP contribution in [-0.2, 0) is 10.0 Å². The third-order valence-corrected chi connectivity index (χ3v) is 6.66. The number of hydrogen-bond donors (Lipinski definition) is 2. The van der Waals surface area contributed by atoms with Crippen LogP contribution in [0, 0.1) is 11.5 Å². The van der Waals surface area contributed by atoms with E-state index in [1.165, 1.54) is 32.3 Å². The molecule has 0 aromatic heterocycles. The van der Waals surface area contributed by atoms with Gasteiger partial charge in [-0.25, -0.2) is 22.6 Å². The first-order valence-electron chi connectivity index (χ1n) is 7.44. The zero-order chi connectivity index (χ0) is 21.2. The van der Waals surface area contributed by atoms with Gasteiger partial charge in [0.15, 0.2) is 11.9 Å². The first kappa shape index (κ1) is 22.1. The van der Waals surface area contributed by atoms with Gasteiger partial charge in [0.25, 0.3) is 0 Å². The highest BCUT2D eigenvalue weighted by Gasteiger charge is 2.29. The number of nitriles is 1. The van der Waals surface area contributed by atoms with Gasteiger partial charge in [0.1, 0.15) is 10.6 Å². The smallest absolute Gasteiger partial charge is 0.247 e. The molecule has 0 aliphatic carbocycles. The van der Waals surface area contributed by atoms with E-state index in [-0.39, 0.29) is 32.4 Å². The SMILES string of the molecule is CN(C)S(=O)(=O)c1c(Cl)ccc(N(C#N)C(N)=Nc2cccc(Cl)c2Cl)c1O. The molecule has 0 radical (unpaired) electrons. The molecule has 2 rings (SSSR count). The van der Waals surface area contributed by atoms with Crippen molar-refractivity contribution in [3.63, 3.8) is 0 Å². The second-order valence-corrected chi connectivity index (χ2v) is 8.79. The van der Waals surface area contributed by atoms with Gasteiger partial charge in [-0.15, -0.1) is 0 Å². The van der Waals surface area contributed by atoms with Crippen molar-refractivity contribution >= 4 is 62.2 Å². The van der Waals surface area contributed by atoms with Crippen molar-refractivity contribution in [2.75, 3.05) is 19.0 Å². The van der Waals surface area contributed by atoms with Crippen LogP contribution in [-0.4, -0.2) is 37.9 Å². The summed E-state index contributed by atoms with van der Waals surface area (Å²) in [6.45, 7) is 0. The van der Waals surface area contributed by atoms with Crippen LogP contribution < -0.4 is 10.6 Å². The molecule has 0 bridgehead atoms. The molecule has 0 saturated carbocycles. The van der Waals surface area contributed by atoms with Gasteiger partial charge in [-0.1, -0.05) is 40.9 Å². The number of guanidine groups is 1. The average molecular weight is 463 g/mol. The Morgan fingerprint density at radius 2 is 1.82 bits per heavy atom. The molecule has 0 spiro atoms. The maximum Gasteiger partial charge on any atom is 0.247 e. The standard InChI is InChI=1S/C16H14Cl3N5O3S/c1-23(2)28(26,27)15-10(18)6-7-12(14(15)25)24(8-20)16(21)22-11-5-3-4-9(17)13(11)19/h3-7,25H,1-2H3,(H2,21,22). The highest BCUT2D eigenvalue weighted by Crippen LogP contribution is 2.40. The second kappa shape index (κ2) is 8.43. The van der Waals surface area contributed by atoms with Crippen LogP contribution in [0.4, 0.5) is 11.4 Å². The van der Waals surface area contributed by atoms with Crippen molar-refractivity contribution in [2.45, 2.75) is 4.90 Å². The lowest BCUT2D eigenvalue weighted by Crippen LogP contribution is -2.33. The molecule has 0 aliphatic heterocycles. The van der Waals surface area contributed by atoms with E-state index < -0.39 is 20.7 Å². The summed E-state index contributed by atoms with van der Waals surface area (Å²) in [5, 5.41) is 20.1. The molecule has 0 atom stereocenters. The summed E-state index contributed by atoms with van der Waals surface area (Å²) in [7, 11) is -1.55. The molecular formula is C16H14Cl3N5O3S. The summed E-state index contributed by atoms with van der Waals surface area (Å²) < 4.78 is 25.8. The third kappa shape index (κ3) is 4.11. The lowest BCUT2D eigenvalue weighted by Gasteiger charge is -2.20. The Labute approximate surface area is 177 Å². The van der Waals surface area contributed by atoms with Crippen molar-refractivity contribution in [3.8, 4) is 11.9 Å². The molecule has 3 N–H and O–H groups in total. The fourth-order valence-corrected chi connectivity index (χ4v) is 3.94. The predicted molar refractivity (Wildman–Crippen MR) is 110 cm³/mol. The Hall–Kier alpha value is -2.22. The molecule has 0 unspecified atom stereocenters. The van der Waals surface area contributed by atoms with E-state index in [0.29, 0.717) is 0 Å². The largest absolute Gasteiger partial charge is 0.504 e. The Morgan fingerprint density at radius 3 is 2.39 bits per heavy atom. The van der Waals surface area contributed by atoms with Crippen molar-refractivity contribution in [1.29, 1.82) is 5.26 Å². The molecule has 0 heterocycles. The second-order valence-electron chi connectivity index (χ2n) is 5.51. The van der Waals surface area contributed by atoms with E-state index in [9.17, 15) is 18.8 Å². The molecule has 0 amide bonds. The van der Waals surface area contributed by atoms with Crippen molar-refractivity contribution in [1.82, 2.24) is 4.31 Å². The zero-order valence-electron chi connectivity index (χ0n) is 14.6. The molecule has 8 nitrogen and oxygen atoms in total. The number of nitrogens with zero attached hydrogens (tertiary/aromatic N) is 4. The highest BCUT2D eigenvalue weighted by molar-refractivity contribution is 7.89. The van der Waals surface area contributed by atoms with E-state index in [2.05, 4.69) is 4.99 Å². The predicted octanol–water partition coefficient (Wildman–Crippen LogP) is 3.54. The summed E-state index contributed by atoms with van der Waals surface area (Å²) in [5.74, 6) is -1.13. The Kier molecular flexibility index (Phi) is 6.64. The molecule has 28 heavy (non-hydrogen) atoms. The van der Waals surface area contributed by atoms with Crippen LogP contribution >= 0.6 is 34.8 Å². The molecule has 12 heteroatoms. The maximum atomic E-state index is 12.5. The number of halogens is 3. The van der Waals surface area contributed by atoms with Gasteiger partial charge >= 0.3 is 0 Å². The number of sulfonamides is 1. The molecular weight excluding hydrogens is 449 g/mol. The zero-order valence-corrected chi connectivity index (χ0v) is 17.6. The van der Waals surface area contributed by atoms with E-state index in [4.69, 9.17) is 40.5 Å². The number of phenolic OH excluding ortho intramolecular Hbond substituents is 1. The van der Waals surface area contributed by atoms with Crippen molar-refractivity contribution in [2.24, 2.45) is 10.7 Å². The van der Waals surface area contributed by atoms with Crippen LogP contribution in [0.2, 0.25) is 15.1 Å². The molecule has 2 aromatic carbocycles. The minimum absolute atomic E-state index is 0.112. The lowest BCUT2D eigenvalue weighted by molar-refractivity contribution is 0.454. The van der Waals surface area contributed by atoms with E-state index in [1.807, 2.05) is 0 Å². The first-order chi connectivity index (χ1) is 13.0. The van der Waals surface area contributed by atoms with Crippen molar-refractivity contribution < 1.29 is 13.5 Å². The topological polar surface area (TPSA) is 123 Å². The van der Waals surface area contributed by atoms with E-state index in [0.717, 1.165) is 9.21 Å². The molecule has 2 aromatic rings. The third-order valence-electron chi connectivity index (χ3n) is 3.54. The number of anilines is 1. The van der Waals surface area contributed by atoms with Gasteiger partial charge in [0.2, 0.25) is 16.0 Å². The number of aromatic hydroxyl groups is 1. The van der Waals surface area contributed by atoms with Gasteiger partial charge < -0.3 is 10.8 Å². The van der Waals surface area contributed by atoms with Gasteiger partial charge in [-0.05, 0) is 24.3 Å². The molecule has 0 fully saturated rings. The fraction of sp³-hybridized carbons (Fsp3) is 0.125. The van der Waals surface area contributed by atoms with Gasteiger partial charge in [0, 0.05) is 14.1 Å². The Balaban J connectivity index is 2.64. The number of rotatable bonds is 4. The minimum atomic E-state index is -4.10. The Morgan fingerprint density at radius 1 is 1.18 bits per heavy atom. The lowest BCUT2D eigenvalue weighted by atomic mass is 10.2. The maximum absolute atomic E-state index is 12.5. The molecule has 0 saturated heterocycles. The number of benzene rings is 2. The number of phenols is 1. The molecule has 0 aliphatic rings. The summed E-state index contributed by atoms with van der Waals surface area (Å²) in [4.78, 5) is 4.20. The monoisotopic (exact) mass is 461 g/mol. The summed E-state index contributed by atoms with van der Waals surface area (Å²) in [6.07, 6.45) is 1.73. The van der Waals surface area contributed by atoms with Crippen LogP contribution in [0.5, 0.6) is 5.75 Å². The summed E-state index contributed by atoms with van der Waals surface area (Å²) in [6, 6.07) is 7.10. The Bertz CT molecular complexity index is 1100. The van der Waals surface area contributed by atoms with Gasteiger partial charge in [-0.3, -0.25) is 0 Å². The van der Waals surface area contributed by atoms with Crippen LogP contribution in [0.3, 0.4) is 0 Å². The van der Waals surface area contributed by atoms with Crippen molar-refractivity contribution in [3.05, 3.63) is 45.4 Å². The minimum Gasteiger partial charge on any atom is -0.504 e. The highest BCUT2D eigenvalue weighted by atomic mass is 35.5. The normalized spacial score (nSPS) is 12.1. The number of aliphatic imine (C=N–C) groups is 1. The summed E-state index contributed by atoms with van der Waals surface area (Å²) in [5.41, 5.74) is 5.84. The van der Waals surface area contributed by atoms with Crippen LogP contribution in [0.15, 0.2) is 40.2 Å². The number of nitrogens with two attached hydrogens (primary N) is 1. The van der Waals surface area contributed by atoms with Gasteiger partial charge in [-0.2, -0.15) is 5.26 Å². The first-order valence-corrected chi connectivity index (χ1v) is 10.0. The average Bonchev–Trinajstić information content (AvgIpc) is 2.61. The van der Waals surface area contributed by atoms with Crippen LogP contribution in [0.25, 0.3) is 0 Å². The number of hydrogen-bond acceptors (Lipinski definition) is 5. The van der Waals surface area contributed by atoms with Crippen LogP contribution in [0.1, 0.15) is 0 Å². The van der Waals surface area contributed by atoms with E-state index in [1.54, 1.807) is 18.3 Å². The summed E-state index contributed by atoms with van der Waals surface area (Å²) >= 11 is 17.9. The fourth-order valence-electron chi connectivity index (χ4n) is 2.13. The quantitative estimate of drug-likeness (QED) is 0.310. The molecule has 148 valence electrons.